The zero-order chi connectivity index (χ0) is 16.5. The van der Waals surface area contributed by atoms with Gasteiger partial charge in [-0.05, 0) is 33.6 Å². The molecule has 1 aliphatic carbocycles. The van der Waals surface area contributed by atoms with Crippen LogP contribution in [0.15, 0.2) is 12.2 Å². The number of carbonyl (C=O) groups excluding carboxylic acids is 4. The van der Waals surface area contributed by atoms with Gasteiger partial charge in [0.1, 0.15) is 6.54 Å². The van der Waals surface area contributed by atoms with Crippen LogP contribution in [0.4, 0.5) is 4.79 Å². The van der Waals surface area contributed by atoms with Gasteiger partial charge in [0, 0.05) is 5.54 Å². The minimum Gasteiger partial charge on any atom is -0.333 e. The van der Waals surface area contributed by atoms with Crippen molar-refractivity contribution in [2.24, 2.45) is 11.8 Å². The fourth-order valence-corrected chi connectivity index (χ4v) is 2.71. The van der Waals surface area contributed by atoms with Crippen LogP contribution in [0.5, 0.6) is 0 Å². The van der Waals surface area contributed by atoms with Gasteiger partial charge in [0.25, 0.3) is 0 Å². The molecule has 1 fully saturated rings. The van der Waals surface area contributed by atoms with Crippen molar-refractivity contribution in [3.05, 3.63) is 12.2 Å². The molecule has 0 unspecified atom stereocenters. The van der Waals surface area contributed by atoms with Crippen LogP contribution in [-0.4, -0.2) is 40.7 Å². The van der Waals surface area contributed by atoms with Gasteiger partial charge in [-0.3, -0.25) is 24.6 Å². The summed E-state index contributed by atoms with van der Waals surface area (Å²) in [7, 11) is 0. The van der Waals surface area contributed by atoms with E-state index in [9.17, 15) is 19.2 Å². The average molecular weight is 307 g/mol. The first-order chi connectivity index (χ1) is 10.2. The molecular weight excluding hydrogens is 286 g/mol. The SMILES string of the molecule is CC(C)(C)NC(=O)NC(=O)CN1C(=O)[C@H]2CC=CC[C@H]2C1=O. The van der Waals surface area contributed by atoms with E-state index < -0.39 is 24.0 Å². The summed E-state index contributed by atoms with van der Waals surface area (Å²) in [6.45, 7) is 4.93. The second-order valence-electron chi connectivity index (χ2n) is 6.67. The summed E-state index contributed by atoms with van der Waals surface area (Å²) in [5.41, 5.74) is -0.482. The Morgan fingerprint density at radius 3 is 2.09 bits per heavy atom. The van der Waals surface area contributed by atoms with E-state index in [2.05, 4.69) is 10.6 Å². The summed E-state index contributed by atoms with van der Waals surface area (Å²) in [4.78, 5) is 48.8. The van der Waals surface area contributed by atoms with E-state index in [0.717, 1.165) is 4.90 Å². The Morgan fingerprint density at radius 1 is 1.14 bits per heavy atom. The quantitative estimate of drug-likeness (QED) is 0.575. The standard InChI is InChI=1S/C15H21N3O4/c1-15(2,3)17-14(22)16-11(19)8-18-12(20)9-6-4-5-7-10(9)13(18)21/h4-5,9-10H,6-8H2,1-3H3,(H2,16,17,19,22)/t9-,10+. The first kappa shape index (κ1) is 16.2. The van der Waals surface area contributed by atoms with Gasteiger partial charge in [-0.25, -0.2) is 4.79 Å². The van der Waals surface area contributed by atoms with Crippen LogP contribution >= 0.6 is 0 Å². The van der Waals surface area contributed by atoms with Crippen molar-refractivity contribution in [1.29, 1.82) is 0 Å². The molecular formula is C15H21N3O4. The van der Waals surface area contributed by atoms with Gasteiger partial charge >= 0.3 is 6.03 Å². The van der Waals surface area contributed by atoms with Crippen molar-refractivity contribution < 1.29 is 19.2 Å². The number of amides is 5. The summed E-state index contributed by atoms with van der Waals surface area (Å²) < 4.78 is 0. The molecule has 2 N–H and O–H groups in total. The van der Waals surface area contributed by atoms with Crippen molar-refractivity contribution >= 4 is 23.8 Å². The van der Waals surface area contributed by atoms with Crippen LogP contribution in [0, 0.1) is 11.8 Å². The van der Waals surface area contributed by atoms with E-state index in [-0.39, 0.29) is 23.7 Å². The average Bonchev–Trinajstić information content (AvgIpc) is 2.62. The number of hydrogen-bond acceptors (Lipinski definition) is 4. The van der Waals surface area contributed by atoms with Crippen LogP contribution in [0.2, 0.25) is 0 Å². The molecule has 7 nitrogen and oxygen atoms in total. The fraction of sp³-hybridized carbons (Fsp3) is 0.600. The van der Waals surface area contributed by atoms with Gasteiger partial charge in [0.05, 0.1) is 11.8 Å². The lowest BCUT2D eigenvalue weighted by atomic mass is 9.85. The van der Waals surface area contributed by atoms with Gasteiger partial charge < -0.3 is 5.32 Å². The Balaban J connectivity index is 1.93. The molecule has 120 valence electrons. The van der Waals surface area contributed by atoms with E-state index in [1.54, 1.807) is 20.8 Å². The van der Waals surface area contributed by atoms with Crippen LogP contribution in [0.3, 0.4) is 0 Å². The molecule has 2 rings (SSSR count). The monoisotopic (exact) mass is 307 g/mol. The highest BCUT2D eigenvalue weighted by molar-refractivity contribution is 6.08. The normalized spacial score (nSPS) is 24.2. The molecule has 5 amide bonds. The molecule has 0 aromatic carbocycles. The number of allylic oxidation sites excluding steroid dienone is 2. The third-order valence-electron chi connectivity index (χ3n) is 3.64. The molecule has 0 spiro atoms. The Labute approximate surface area is 129 Å². The van der Waals surface area contributed by atoms with Crippen LogP contribution < -0.4 is 10.6 Å². The third-order valence-corrected chi connectivity index (χ3v) is 3.64. The highest BCUT2D eigenvalue weighted by Gasteiger charge is 2.47. The summed E-state index contributed by atoms with van der Waals surface area (Å²) >= 11 is 0. The number of carbonyl (C=O) groups is 4. The lowest BCUT2D eigenvalue weighted by Crippen LogP contribution is -2.51. The van der Waals surface area contributed by atoms with Gasteiger partial charge in [-0.2, -0.15) is 0 Å². The predicted octanol–water partition coefficient (Wildman–Crippen LogP) is 0.562. The van der Waals surface area contributed by atoms with Gasteiger partial charge in [-0.15, -0.1) is 0 Å². The van der Waals surface area contributed by atoms with Gasteiger partial charge in [0.2, 0.25) is 17.7 Å². The molecule has 1 aliphatic heterocycles. The minimum atomic E-state index is -0.671. The first-order valence-corrected chi connectivity index (χ1v) is 7.31. The van der Waals surface area contributed by atoms with Crippen molar-refractivity contribution in [2.45, 2.75) is 39.2 Å². The maximum Gasteiger partial charge on any atom is 0.321 e. The molecule has 22 heavy (non-hydrogen) atoms. The molecule has 0 radical (unpaired) electrons. The molecule has 0 aromatic heterocycles. The van der Waals surface area contributed by atoms with Crippen molar-refractivity contribution in [3.63, 3.8) is 0 Å². The summed E-state index contributed by atoms with van der Waals surface area (Å²) in [6, 6.07) is -0.643. The Bertz CT molecular complexity index is 521. The lowest BCUT2D eigenvalue weighted by Gasteiger charge is -2.21. The van der Waals surface area contributed by atoms with Gasteiger partial charge in [-0.1, -0.05) is 12.2 Å². The van der Waals surface area contributed by atoms with Gasteiger partial charge in [0.15, 0.2) is 0 Å². The first-order valence-electron chi connectivity index (χ1n) is 7.31. The molecule has 1 heterocycles. The largest absolute Gasteiger partial charge is 0.333 e. The van der Waals surface area contributed by atoms with Crippen molar-refractivity contribution in [3.8, 4) is 0 Å². The smallest absolute Gasteiger partial charge is 0.321 e. The van der Waals surface area contributed by atoms with Crippen molar-refractivity contribution in [1.82, 2.24) is 15.5 Å². The second kappa shape index (κ2) is 5.90. The molecule has 0 aromatic rings. The number of fused-ring (bicyclic) bond motifs is 1. The Kier molecular flexibility index (Phi) is 4.35. The Morgan fingerprint density at radius 2 is 1.64 bits per heavy atom. The van der Waals surface area contributed by atoms with E-state index in [4.69, 9.17) is 0 Å². The minimum absolute atomic E-state index is 0.328. The Hall–Kier alpha value is -2.18. The topological polar surface area (TPSA) is 95.6 Å². The van der Waals surface area contributed by atoms with Crippen LogP contribution in [0.1, 0.15) is 33.6 Å². The van der Waals surface area contributed by atoms with E-state index >= 15 is 0 Å². The molecule has 2 atom stereocenters. The zero-order valence-corrected chi connectivity index (χ0v) is 13.0. The number of likely N-dealkylation sites (tertiary alicyclic amines) is 1. The number of urea groups is 1. The van der Waals surface area contributed by atoms with Crippen LogP contribution in [0.25, 0.3) is 0 Å². The number of hydrogen-bond donors (Lipinski definition) is 2. The maximum atomic E-state index is 12.2. The molecule has 1 saturated heterocycles. The molecule has 7 heteroatoms. The maximum absolute atomic E-state index is 12.2. The highest BCUT2D eigenvalue weighted by atomic mass is 16.2. The molecule has 0 saturated carbocycles. The second-order valence-corrected chi connectivity index (χ2v) is 6.67. The van der Waals surface area contributed by atoms with E-state index in [0.29, 0.717) is 12.8 Å². The predicted molar refractivity (Wildman–Crippen MR) is 78.5 cm³/mol. The molecule has 2 aliphatic rings. The molecule has 0 bridgehead atoms. The summed E-state index contributed by atoms with van der Waals surface area (Å²) in [5.74, 6) is -2.06. The fourth-order valence-electron chi connectivity index (χ4n) is 2.71. The zero-order valence-electron chi connectivity index (χ0n) is 13.0. The lowest BCUT2D eigenvalue weighted by molar-refractivity contribution is -0.143. The number of rotatable bonds is 2. The van der Waals surface area contributed by atoms with E-state index in [1.807, 2.05) is 12.2 Å². The number of nitrogens with zero attached hydrogens (tertiary/aromatic N) is 1. The van der Waals surface area contributed by atoms with Crippen LogP contribution in [-0.2, 0) is 14.4 Å². The summed E-state index contributed by atoms with van der Waals surface area (Å²) in [5, 5.41) is 4.71. The number of imide groups is 2. The number of nitrogens with one attached hydrogen (secondary N) is 2. The summed E-state index contributed by atoms with van der Waals surface area (Å²) in [6.07, 6.45) is 4.81. The highest BCUT2D eigenvalue weighted by Crippen LogP contribution is 2.34. The van der Waals surface area contributed by atoms with Crippen molar-refractivity contribution in [2.75, 3.05) is 6.54 Å². The van der Waals surface area contributed by atoms with E-state index in [1.165, 1.54) is 0 Å². The third kappa shape index (κ3) is 3.52.